The summed E-state index contributed by atoms with van der Waals surface area (Å²) in [6.07, 6.45) is 0.219. The maximum Gasteiger partial charge on any atom is 0.278 e. The van der Waals surface area contributed by atoms with Gasteiger partial charge in [0.25, 0.3) is 5.92 Å². The number of aliphatic hydroxyl groups excluding tert-OH is 1. The Morgan fingerprint density at radius 3 is 2.55 bits per heavy atom. The van der Waals surface area contributed by atoms with Gasteiger partial charge in [-0.3, -0.25) is 0 Å². The highest BCUT2D eigenvalue weighted by atomic mass is 19.3. The fourth-order valence-corrected chi connectivity index (χ4v) is 1.05. The van der Waals surface area contributed by atoms with Gasteiger partial charge in [-0.25, -0.2) is 8.78 Å². The van der Waals surface area contributed by atoms with Crippen LogP contribution >= 0.6 is 0 Å². The Hall–Kier alpha value is -0.220. The SMILES string of the molecule is CC1(CO)CCOCC1(F)F. The maximum atomic E-state index is 13.0. The highest BCUT2D eigenvalue weighted by Crippen LogP contribution is 2.42. The van der Waals surface area contributed by atoms with Gasteiger partial charge in [-0.05, 0) is 6.42 Å². The first-order valence-corrected chi connectivity index (χ1v) is 3.58. The largest absolute Gasteiger partial charge is 0.396 e. The predicted molar refractivity (Wildman–Crippen MR) is 35.6 cm³/mol. The first kappa shape index (κ1) is 8.87. The average Bonchev–Trinajstić information content (AvgIpc) is 1.95. The Kier molecular flexibility index (Phi) is 2.16. The lowest BCUT2D eigenvalue weighted by molar-refractivity contribution is -0.210. The summed E-state index contributed by atoms with van der Waals surface area (Å²) in [6.45, 7) is 0.648. The van der Waals surface area contributed by atoms with E-state index in [1.54, 1.807) is 0 Å². The van der Waals surface area contributed by atoms with Gasteiger partial charge in [-0.15, -0.1) is 0 Å². The number of hydrogen-bond donors (Lipinski definition) is 1. The van der Waals surface area contributed by atoms with Crippen LogP contribution in [0.25, 0.3) is 0 Å². The zero-order valence-corrected chi connectivity index (χ0v) is 6.44. The summed E-state index contributed by atoms with van der Waals surface area (Å²) in [5.74, 6) is -2.89. The summed E-state index contributed by atoms with van der Waals surface area (Å²) >= 11 is 0. The van der Waals surface area contributed by atoms with Crippen molar-refractivity contribution in [2.24, 2.45) is 5.41 Å². The Labute approximate surface area is 64.2 Å². The van der Waals surface area contributed by atoms with Crippen LogP contribution in [0.5, 0.6) is 0 Å². The first-order valence-electron chi connectivity index (χ1n) is 3.58. The minimum Gasteiger partial charge on any atom is -0.396 e. The molecule has 1 saturated heterocycles. The molecule has 1 aliphatic heterocycles. The van der Waals surface area contributed by atoms with Gasteiger partial charge in [0.15, 0.2) is 0 Å². The number of alkyl halides is 2. The monoisotopic (exact) mass is 166 g/mol. The van der Waals surface area contributed by atoms with E-state index in [0.717, 1.165) is 0 Å². The molecule has 0 aliphatic carbocycles. The van der Waals surface area contributed by atoms with Crippen molar-refractivity contribution in [3.63, 3.8) is 0 Å². The van der Waals surface area contributed by atoms with Gasteiger partial charge >= 0.3 is 0 Å². The van der Waals surface area contributed by atoms with Gasteiger partial charge in [-0.2, -0.15) is 0 Å². The van der Waals surface area contributed by atoms with Crippen molar-refractivity contribution in [2.75, 3.05) is 19.8 Å². The third-order valence-electron chi connectivity index (χ3n) is 2.31. The highest BCUT2D eigenvalue weighted by Gasteiger charge is 2.51. The Morgan fingerprint density at radius 1 is 1.55 bits per heavy atom. The van der Waals surface area contributed by atoms with Crippen LogP contribution < -0.4 is 0 Å². The second-order valence-electron chi connectivity index (χ2n) is 3.23. The molecular weight excluding hydrogens is 154 g/mol. The van der Waals surface area contributed by atoms with E-state index in [1.165, 1.54) is 6.92 Å². The molecule has 1 unspecified atom stereocenters. The quantitative estimate of drug-likeness (QED) is 0.630. The van der Waals surface area contributed by atoms with Gasteiger partial charge in [0.05, 0.1) is 12.0 Å². The lowest BCUT2D eigenvalue weighted by Crippen LogP contribution is -2.49. The molecular formula is C7H12F2O2. The van der Waals surface area contributed by atoms with Crippen molar-refractivity contribution in [1.82, 2.24) is 0 Å². The Morgan fingerprint density at radius 2 is 2.18 bits per heavy atom. The predicted octanol–water partition coefficient (Wildman–Crippen LogP) is 1.04. The van der Waals surface area contributed by atoms with Crippen LogP contribution in [0.2, 0.25) is 0 Å². The summed E-state index contributed by atoms with van der Waals surface area (Å²) in [6, 6.07) is 0. The van der Waals surface area contributed by atoms with Gasteiger partial charge in [0, 0.05) is 6.61 Å². The second kappa shape index (κ2) is 2.68. The zero-order chi connectivity index (χ0) is 8.54. The number of rotatable bonds is 1. The van der Waals surface area contributed by atoms with Gasteiger partial charge in [0.2, 0.25) is 0 Å². The number of halogens is 2. The fraction of sp³-hybridized carbons (Fsp3) is 1.00. The topological polar surface area (TPSA) is 29.5 Å². The third kappa shape index (κ3) is 1.37. The molecule has 0 aromatic heterocycles. The van der Waals surface area contributed by atoms with Crippen molar-refractivity contribution in [2.45, 2.75) is 19.3 Å². The summed E-state index contributed by atoms with van der Waals surface area (Å²) in [4.78, 5) is 0. The van der Waals surface area contributed by atoms with E-state index in [1.807, 2.05) is 0 Å². The van der Waals surface area contributed by atoms with Crippen LogP contribution in [-0.2, 0) is 4.74 Å². The molecule has 0 saturated carbocycles. The van der Waals surface area contributed by atoms with Crippen molar-refractivity contribution < 1.29 is 18.6 Å². The second-order valence-corrected chi connectivity index (χ2v) is 3.23. The molecule has 4 heteroatoms. The summed E-state index contributed by atoms with van der Waals surface area (Å²) < 4.78 is 30.6. The van der Waals surface area contributed by atoms with Gasteiger partial charge in [0.1, 0.15) is 6.61 Å². The van der Waals surface area contributed by atoms with Gasteiger partial charge < -0.3 is 9.84 Å². The molecule has 0 bridgehead atoms. The molecule has 0 amide bonds. The van der Waals surface area contributed by atoms with Crippen molar-refractivity contribution in [1.29, 1.82) is 0 Å². The average molecular weight is 166 g/mol. The molecule has 2 nitrogen and oxygen atoms in total. The highest BCUT2D eigenvalue weighted by molar-refractivity contribution is 4.91. The fourth-order valence-electron chi connectivity index (χ4n) is 1.05. The minimum absolute atomic E-state index is 0.219. The minimum atomic E-state index is -2.89. The van der Waals surface area contributed by atoms with Crippen LogP contribution in [0.1, 0.15) is 13.3 Å². The van der Waals surface area contributed by atoms with Crippen LogP contribution in [-0.4, -0.2) is 30.8 Å². The molecule has 0 aromatic carbocycles. The summed E-state index contributed by atoms with van der Waals surface area (Å²) in [5.41, 5.74) is -1.29. The van der Waals surface area contributed by atoms with Crippen molar-refractivity contribution in [3.05, 3.63) is 0 Å². The van der Waals surface area contributed by atoms with E-state index >= 15 is 0 Å². The molecule has 1 aliphatic rings. The molecule has 66 valence electrons. The summed E-state index contributed by atoms with van der Waals surface area (Å²) in [5, 5.41) is 8.75. The molecule has 1 rings (SSSR count). The van der Waals surface area contributed by atoms with Crippen LogP contribution in [0.15, 0.2) is 0 Å². The molecule has 1 N–H and O–H groups in total. The maximum absolute atomic E-state index is 13.0. The van der Waals surface area contributed by atoms with E-state index < -0.39 is 24.6 Å². The van der Waals surface area contributed by atoms with E-state index in [4.69, 9.17) is 5.11 Å². The van der Waals surface area contributed by atoms with Crippen molar-refractivity contribution in [3.8, 4) is 0 Å². The normalized spacial score (nSPS) is 37.1. The lowest BCUT2D eigenvalue weighted by atomic mass is 9.80. The zero-order valence-electron chi connectivity index (χ0n) is 6.44. The van der Waals surface area contributed by atoms with E-state index in [9.17, 15) is 8.78 Å². The molecule has 1 atom stereocenters. The van der Waals surface area contributed by atoms with Crippen LogP contribution in [0.4, 0.5) is 8.78 Å². The first-order chi connectivity index (χ1) is 5.02. The number of ether oxygens (including phenoxy) is 1. The van der Waals surface area contributed by atoms with E-state index in [2.05, 4.69) is 4.74 Å². The Bertz CT molecular complexity index is 149. The van der Waals surface area contributed by atoms with E-state index in [0.29, 0.717) is 6.61 Å². The van der Waals surface area contributed by atoms with Crippen molar-refractivity contribution >= 4 is 0 Å². The Balaban J connectivity index is 2.74. The summed E-state index contributed by atoms with van der Waals surface area (Å²) in [7, 11) is 0. The molecule has 11 heavy (non-hydrogen) atoms. The standard InChI is InChI=1S/C7H12F2O2/c1-6(4-10)2-3-11-5-7(6,8)9/h10H,2-5H2,1H3. The number of aliphatic hydroxyl groups is 1. The molecule has 1 fully saturated rings. The molecule has 0 radical (unpaired) electrons. The smallest absolute Gasteiger partial charge is 0.278 e. The van der Waals surface area contributed by atoms with Gasteiger partial charge in [-0.1, -0.05) is 6.92 Å². The third-order valence-corrected chi connectivity index (χ3v) is 2.31. The lowest BCUT2D eigenvalue weighted by Gasteiger charge is -2.39. The van der Waals surface area contributed by atoms with E-state index in [-0.39, 0.29) is 6.42 Å². The molecule has 1 heterocycles. The van der Waals surface area contributed by atoms with Crippen LogP contribution in [0, 0.1) is 5.41 Å². The molecule has 0 aromatic rings. The number of hydrogen-bond acceptors (Lipinski definition) is 2. The molecule has 0 spiro atoms. The van der Waals surface area contributed by atoms with Crippen LogP contribution in [0.3, 0.4) is 0 Å².